The fourth-order valence-corrected chi connectivity index (χ4v) is 8.96. The van der Waals surface area contributed by atoms with Gasteiger partial charge in [-0.15, -0.1) is 45.3 Å². The topological polar surface area (TPSA) is 25.8 Å². The Labute approximate surface area is 208 Å². The second-order valence-corrected chi connectivity index (χ2v) is 12.6. The van der Waals surface area contributed by atoms with Crippen LogP contribution in [0.15, 0.2) is 71.4 Å². The number of hydrogen-bond donors (Lipinski definition) is 0. The molecule has 0 aliphatic heterocycles. The highest BCUT2D eigenvalue weighted by Gasteiger charge is 2.17. The van der Waals surface area contributed by atoms with Crippen LogP contribution in [0, 0.1) is 0 Å². The van der Waals surface area contributed by atoms with E-state index in [9.17, 15) is 0 Å². The van der Waals surface area contributed by atoms with Crippen LogP contribution in [0.5, 0.6) is 0 Å². The van der Waals surface area contributed by atoms with Crippen LogP contribution in [0.1, 0.15) is 0 Å². The molecular weight excluding hydrogens is 501 g/mol. The van der Waals surface area contributed by atoms with Crippen molar-refractivity contribution < 1.29 is 0 Å². The predicted octanol–water partition coefficient (Wildman–Crippen LogP) is 9.88. The Hall–Kier alpha value is -2.68. The van der Waals surface area contributed by atoms with Crippen LogP contribution >= 0.6 is 57.1 Å². The van der Waals surface area contributed by atoms with Crippen LogP contribution in [-0.4, -0.2) is 8.75 Å². The molecule has 0 spiro atoms. The van der Waals surface area contributed by atoms with Crippen LogP contribution in [0.4, 0.5) is 0 Å². The van der Waals surface area contributed by atoms with Crippen molar-refractivity contribution in [3.05, 3.63) is 71.4 Å². The minimum atomic E-state index is 0.971. The number of aromatic nitrogens is 2. The van der Waals surface area contributed by atoms with Crippen LogP contribution in [-0.2, 0) is 0 Å². The summed E-state index contributed by atoms with van der Waals surface area (Å²) in [5.41, 5.74) is 4.43. The molecule has 0 unspecified atom stereocenters. The first-order valence-electron chi connectivity index (χ1n) is 10.4. The van der Waals surface area contributed by atoms with Gasteiger partial charge < -0.3 is 0 Å². The molecule has 0 saturated heterocycles. The van der Waals surface area contributed by atoms with Crippen molar-refractivity contribution >= 4 is 108 Å². The zero-order valence-corrected chi connectivity index (χ0v) is 20.9. The number of rotatable bonds is 2. The quantitative estimate of drug-likeness (QED) is 0.230. The van der Waals surface area contributed by atoms with E-state index in [0.29, 0.717) is 0 Å². The predicted molar refractivity (Wildman–Crippen MR) is 150 cm³/mol. The molecule has 0 aliphatic carbocycles. The lowest BCUT2D eigenvalue weighted by atomic mass is 10.0. The Morgan fingerprint density at radius 2 is 0.970 bits per heavy atom. The molecule has 0 N–H and O–H groups in total. The monoisotopic (exact) mass is 512 g/mol. The average Bonchev–Trinajstić information content (AvgIpc) is 3.64. The van der Waals surface area contributed by atoms with Gasteiger partial charge in [-0.05, 0) is 71.4 Å². The zero-order valence-electron chi connectivity index (χ0n) is 16.9. The van der Waals surface area contributed by atoms with Gasteiger partial charge in [-0.2, -0.15) is 8.75 Å². The van der Waals surface area contributed by atoms with Crippen molar-refractivity contribution in [3.63, 3.8) is 0 Å². The molecular formula is C26H12N2S5. The first-order valence-corrected chi connectivity index (χ1v) is 14.5. The van der Waals surface area contributed by atoms with Crippen LogP contribution in [0.2, 0.25) is 0 Å². The van der Waals surface area contributed by atoms with E-state index in [-0.39, 0.29) is 0 Å². The summed E-state index contributed by atoms with van der Waals surface area (Å²) in [6.07, 6.45) is 0. The Bertz CT molecular complexity index is 1850. The number of nitrogens with zero attached hydrogens (tertiary/aromatic N) is 2. The molecule has 0 fully saturated rings. The third kappa shape index (κ3) is 2.74. The van der Waals surface area contributed by atoms with Crippen molar-refractivity contribution in [1.29, 1.82) is 0 Å². The van der Waals surface area contributed by atoms with Crippen molar-refractivity contribution in [2.75, 3.05) is 0 Å². The molecule has 156 valence electrons. The van der Waals surface area contributed by atoms with Gasteiger partial charge in [0.15, 0.2) is 0 Å². The van der Waals surface area contributed by atoms with Gasteiger partial charge in [-0.25, -0.2) is 0 Å². The molecule has 5 heterocycles. The summed E-state index contributed by atoms with van der Waals surface area (Å²) < 4.78 is 14.5. The second-order valence-electron chi connectivity index (χ2n) is 7.99. The maximum atomic E-state index is 4.55. The van der Waals surface area contributed by atoms with Crippen molar-refractivity contribution in [1.82, 2.24) is 8.75 Å². The van der Waals surface area contributed by atoms with E-state index in [1.807, 2.05) is 22.7 Å². The fraction of sp³-hybridized carbons (Fsp3) is 0. The van der Waals surface area contributed by atoms with Crippen molar-refractivity contribution in [2.24, 2.45) is 0 Å². The highest BCUT2D eigenvalue weighted by molar-refractivity contribution is 7.24. The van der Waals surface area contributed by atoms with E-state index in [0.717, 1.165) is 11.0 Å². The Morgan fingerprint density at radius 1 is 0.485 bits per heavy atom. The minimum absolute atomic E-state index is 0.971. The zero-order chi connectivity index (χ0) is 21.5. The smallest absolute Gasteiger partial charge is 0.105 e. The molecule has 0 saturated carbocycles. The van der Waals surface area contributed by atoms with Gasteiger partial charge >= 0.3 is 0 Å². The van der Waals surface area contributed by atoms with Crippen molar-refractivity contribution in [2.45, 2.75) is 0 Å². The van der Waals surface area contributed by atoms with Gasteiger partial charge in [0.2, 0.25) is 0 Å². The average molecular weight is 513 g/mol. The summed E-state index contributed by atoms with van der Waals surface area (Å²) in [5, 5.41) is 9.74. The van der Waals surface area contributed by atoms with Gasteiger partial charge in [0.1, 0.15) is 11.0 Å². The lowest BCUT2D eigenvalue weighted by molar-refractivity contribution is 1.64. The Morgan fingerprint density at radius 3 is 1.48 bits per heavy atom. The van der Waals surface area contributed by atoms with Crippen molar-refractivity contribution in [3.8, 4) is 20.9 Å². The maximum absolute atomic E-state index is 4.55. The summed E-state index contributed by atoms with van der Waals surface area (Å²) in [7, 11) is 0. The van der Waals surface area contributed by atoms with E-state index in [1.54, 1.807) is 22.7 Å². The van der Waals surface area contributed by atoms with Gasteiger partial charge in [0.25, 0.3) is 0 Å². The van der Waals surface area contributed by atoms with E-state index >= 15 is 0 Å². The lowest BCUT2D eigenvalue weighted by Crippen LogP contribution is -1.82. The standard InChI is InChI=1S/C26H12N2S5/c1-3-23-17(13-5-7-29-21(1)13)11-25(31-23)15-9-19-20(28-33-27-19)10-16(15)26-12-18-14-6-8-30-22(14)2-4-24(18)32-26/h1-12H. The summed E-state index contributed by atoms with van der Waals surface area (Å²) in [6, 6.07) is 22.7. The fourth-order valence-electron chi connectivity index (χ4n) is 4.63. The summed E-state index contributed by atoms with van der Waals surface area (Å²) in [5.74, 6) is 0. The molecule has 8 aromatic rings. The molecule has 8 rings (SSSR count). The molecule has 0 bridgehead atoms. The van der Waals surface area contributed by atoms with E-state index < -0.39 is 0 Å². The van der Waals surface area contributed by atoms with E-state index in [1.165, 1.54) is 73.0 Å². The maximum Gasteiger partial charge on any atom is 0.105 e. The highest BCUT2D eigenvalue weighted by Crippen LogP contribution is 2.46. The first-order chi connectivity index (χ1) is 16.3. The molecule has 0 radical (unpaired) electrons. The Balaban J connectivity index is 1.43. The molecule has 5 aromatic heterocycles. The number of hydrogen-bond acceptors (Lipinski definition) is 7. The first kappa shape index (κ1) is 18.7. The minimum Gasteiger partial charge on any atom is -0.173 e. The lowest BCUT2D eigenvalue weighted by Gasteiger charge is -2.06. The van der Waals surface area contributed by atoms with Gasteiger partial charge in [0, 0.05) is 61.2 Å². The molecule has 2 nitrogen and oxygen atoms in total. The van der Waals surface area contributed by atoms with Crippen LogP contribution in [0.3, 0.4) is 0 Å². The summed E-state index contributed by atoms with van der Waals surface area (Å²) in [4.78, 5) is 2.57. The SMILES string of the molecule is c1cc2c(ccc3sc(-c4cc5nsnc5cc4-c4cc5c(ccc6sccc65)s4)cc32)s1. The molecule has 7 heteroatoms. The molecule has 0 atom stereocenters. The van der Waals surface area contributed by atoms with E-state index in [4.69, 9.17) is 0 Å². The second kappa shape index (κ2) is 6.91. The third-order valence-electron chi connectivity index (χ3n) is 6.19. The summed E-state index contributed by atoms with van der Waals surface area (Å²) >= 11 is 8.63. The van der Waals surface area contributed by atoms with Gasteiger partial charge in [-0.3, -0.25) is 0 Å². The largest absolute Gasteiger partial charge is 0.173 e. The number of fused-ring (bicyclic) bond motifs is 7. The molecule has 0 aliphatic rings. The third-order valence-corrected chi connectivity index (χ3v) is 10.8. The van der Waals surface area contributed by atoms with Gasteiger partial charge in [-0.1, -0.05) is 0 Å². The van der Waals surface area contributed by atoms with E-state index in [2.05, 4.69) is 80.2 Å². The van der Waals surface area contributed by atoms with Gasteiger partial charge in [0.05, 0.1) is 11.7 Å². The normalized spacial score (nSPS) is 12.2. The highest BCUT2D eigenvalue weighted by atomic mass is 32.1. The molecule has 0 amide bonds. The number of benzene rings is 3. The molecule has 3 aromatic carbocycles. The number of thiophene rings is 4. The Kier molecular flexibility index (Phi) is 3.92. The summed E-state index contributed by atoms with van der Waals surface area (Å²) in [6.45, 7) is 0. The molecule has 33 heavy (non-hydrogen) atoms. The van der Waals surface area contributed by atoms with Crippen LogP contribution < -0.4 is 0 Å². The van der Waals surface area contributed by atoms with Crippen LogP contribution in [0.25, 0.3) is 72.3 Å².